The van der Waals surface area contributed by atoms with E-state index in [0.29, 0.717) is 6.54 Å². The van der Waals surface area contributed by atoms with Crippen molar-refractivity contribution in [3.63, 3.8) is 0 Å². The summed E-state index contributed by atoms with van der Waals surface area (Å²) in [4.78, 5) is 12.7. The van der Waals surface area contributed by atoms with Gasteiger partial charge in [-0.3, -0.25) is 4.79 Å². The zero-order chi connectivity index (χ0) is 10.6. The summed E-state index contributed by atoms with van der Waals surface area (Å²) in [5.41, 5.74) is 1.09. The molecule has 0 heterocycles. The van der Waals surface area contributed by atoms with Gasteiger partial charge in [-0.05, 0) is 31.0 Å². The number of rotatable bonds is 3. The summed E-state index contributed by atoms with van der Waals surface area (Å²) in [6, 6.07) is 9.94. The zero-order valence-electron chi connectivity index (χ0n) is 8.40. The van der Waals surface area contributed by atoms with Crippen molar-refractivity contribution in [1.29, 1.82) is 0 Å². The summed E-state index contributed by atoms with van der Waals surface area (Å²) in [5, 5.41) is -0.399. The molecule has 0 atom stereocenters. The Hall–Kier alpha value is -1.02. The predicted molar refractivity (Wildman–Crippen MR) is 58.4 cm³/mol. The van der Waals surface area contributed by atoms with E-state index in [1.807, 2.05) is 44.2 Å². The number of hydrogen-bond donors (Lipinski definition) is 0. The Morgan fingerprint density at radius 1 is 1.36 bits per heavy atom. The zero-order valence-corrected chi connectivity index (χ0v) is 9.16. The van der Waals surface area contributed by atoms with Crippen molar-refractivity contribution >= 4 is 17.0 Å². The van der Waals surface area contributed by atoms with E-state index in [4.69, 9.17) is 11.6 Å². The SMILES string of the molecule is CC(C)N(Cc1ccccc1)C(=O)Cl. The second-order valence-electron chi connectivity index (χ2n) is 3.46. The number of benzene rings is 1. The van der Waals surface area contributed by atoms with Crippen LogP contribution >= 0.6 is 11.6 Å². The van der Waals surface area contributed by atoms with E-state index < -0.39 is 5.37 Å². The maximum absolute atomic E-state index is 11.1. The van der Waals surface area contributed by atoms with Crippen LogP contribution in [0.3, 0.4) is 0 Å². The standard InChI is InChI=1S/C11H14ClNO/c1-9(2)13(11(12)14)8-10-6-4-3-5-7-10/h3-7,9H,8H2,1-2H3. The number of carbonyl (C=O) groups is 1. The normalized spacial score (nSPS) is 10.3. The third kappa shape index (κ3) is 3.04. The lowest BCUT2D eigenvalue weighted by molar-refractivity contribution is 0.204. The molecule has 1 aromatic carbocycles. The number of nitrogens with zero attached hydrogens (tertiary/aromatic N) is 1. The molecule has 0 bridgehead atoms. The molecule has 0 radical (unpaired) electrons. The van der Waals surface area contributed by atoms with Gasteiger partial charge in [0.2, 0.25) is 0 Å². The average Bonchev–Trinajstić information content (AvgIpc) is 2.15. The van der Waals surface area contributed by atoms with E-state index in [1.165, 1.54) is 0 Å². The van der Waals surface area contributed by atoms with Gasteiger partial charge < -0.3 is 4.90 Å². The van der Waals surface area contributed by atoms with E-state index >= 15 is 0 Å². The van der Waals surface area contributed by atoms with Gasteiger partial charge in [-0.1, -0.05) is 30.3 Å². The molecule has 2 nitrogen and oxygen atoms in total. The van der Waals surface area contributed by atoms with Crippen LogP contribution in [0.2, 0.25) is 0 Å². The number of halogens is 1. The van der Waals surface area contributed by atoms with Gasteiger partial charge in [0.25, 0.3) is 0 Å². The highest BCUT2D eigenvalue weighted by atomic mass is 35.5. The van der Waals surface area contributed by atoms with E-state index in [0.717, 1.165) is 5.56 Å². The molecule has 0 unspecified atom stereocenters. The molecule has 3 heteroatoms. The molecule has 76 valence electrons. The van der Waals surface area contributed by atoms with Gasteiger partial charge in [-0.15, -0.1) is 0 Å². The van der Waals surface area contributed by atoms with Crippen LogP contribution in [0.15, 0.2) is 30.3 Å². The molecule has 0 spiro atoms. The van der Waals surface area contributed by atoms with Crippen LogP contribution in [0, 0.1) is 0 Å². The number of hydrogen-bond acceptors (Lipinski definition) is 1. The molecule has 0 N–H and O–H groups in total. The van der Waals surface area contributed by atoms with Crippen molar-refractivity contribution in [3.8, 4) is 0 Å². The van der Waals surface area contributed by atoms with E-state index in [9.17, 15) is 4.79 Å². The third-order valence-electron chi connectivity index (χ3n) is 2.04. The van der Waals surface area contributed by atoms with Crippen LogP contribution in [0.25, 0.3) is 0 Å². The van der Waals surface area contributed by atoms with Gasteiger partial charge in [-0.2, -0.15) is 0 Å². The monoisotopic (exact) mass is 211 g/mol. The molecule has 0 aromatic heterocycles. The number of amides is 1. The van der Waals surface area contributed by atoms with Crippen LogP contribution in [0.4, 0.5) is 4.79 Å². The van der Waals surface area contributed by atoms with Gasteiger partial charge in [-0.25, -0.2) is 0 Å². The fraction of sp³-hybridized carbons (Fsp3) is 0.364. The quantitative estimate of drug-likeness (QED) is 0.555. The lowest BCUT2D eigenvalue weighted by Crippen LogP contribution is -2.32. The summed E-state index contributed by atoms with van der Waals surface area (Å²) in [6.45, 7) is 4.47. The Morgan fingerprint density at radius 3 is 2.36 bits per heavy atom. The summed E-state index contributed by atoms with van der Waals surface area (Å²) in [5.74, 6) is 0. The predicted octanol–water partition coefficient (Wildman–Crippen LogP) is 3.26. The fourth-order valence-electron chi connectivity index (χ4n) is 1.23. The van der Waals surface area contributed by atoms with Gasteiger partial charge >= 0.3 is 5.37 Å². The maximum atomic E-state index is 11.1. The third-order valence-corrected chi connectivity index (χ3v) is 2.26. The molecule has 1 aromatic rings. The molecule has 0 aliphatic heterocycles. The minimum Gasteiger partial charge on any atom is -0.322 e. The van der Waals surface area contributed by atoms with Crippen molar-refractivity contribution in [1.82, 2.24) is 4.90 Å². The smallest absolute Gasteiger partial charge is 0.316 e. The molecule has 0 fully saturated rings. The highest BCUT2D eigenvalue weighted by Gasteiger charge is 2.14. The molecule has 1 rings (SSSR count). The first-order valence-corrected chi connectivity index (χ1v) is 4.99. The lowest BCUT2D eigenvalue weighted by atomic mass is 10.2. The summed E-state index contributed by atoms with van der Waals surface area (Å²) >= 11 is 5.48. The highest BCUT2D eigenvalue weighted by molar-refractivity contribution is 6.62. The van der Waals surface area contributed by atoms with E-state index in [1.54, 1.807) is 4.90 Å². The Kier molecular flexibility index (Phi) is 3.96. The first kappa shape index (κ1) is 11.1. The van der Waals surface area contributed by atoms with Crippen molar-refractivity contribution in [3.05, 3.63) is 35.9 Å². The van der Waals surface area contributed by atoms with E-state index in [2.05, 4.69) is 0 Å². The fourth-order valence-corrected chi connectivity index (χ4v) is 1.48. The first-order chi connectivity index (χ1) is 6.61. The van der Waals surface area contributed by atoms with Crippen molar-refractivity contribution in [2.75, 3.05) is 0 Å². The van der Waals surface area contributed by atoms with Gasteiger partial charge in [0.05, 0.1) is 0 Å². The first-order valence-electron chi connectivity index (χ1n) is 4.61. The lowest BCUT2D eigenvalue weighted by Gasteiger charge is -2.23. The molecular formula is C11H14ClNO. The van der Waals surface area contributed by atoms with E-state index in [-0.39, 0.29) is 6.04 Å². The minimum atomic E-state index is -0.399. The highest BCUT2D eigenvalue weighted by Crippen LogP contribution is 2.10. The summed E-state index contributed by atoms with van der Waals surface area (Å²) in [6.07, 6.45) is 0. The Bertz CT molecular complexity index is 297. The van der Waals surface area contributed by atoms with Gasteiger partial charge in [0.15, 0.2) is 0 Å². The average molecular weight is 212 g/mol. The molecular weight excluding hydrogens is 198 g/mol. The summed E-state index contributed by atoms with van der Waals surface area (Å²) < 4.78 is 0. The van der Waals surface area contributed by atoms with Crippen LogP contribution in [-0.4, -0.2) is 16.3 Å². The van der Waals surface area contributed by atoms with Gasteiger partial charge in [0, 0.05) is 12.6 Å². The van der Waals surface area contributed by atoms with Crippen LogP contribution in [-0.2, 0) is 6.54 Å². The molecule has 0 saturated heterocycles. The van der Waals surface area contributed by atoms with Crippen LogP contribution in [0.5, 0.6) is 0 Å². The second kappa shape index (κ2) is 5.01. The van der Waals surface area contributed by atoms with Gasteiger partial charge in [0.1, 0.15) is 0 Å². The largest absolute Gasteiger partial charge is 0.322 e. The molecule has 0 saturated carbocycles. The van der Waals surface area contributed by atoms with Crippen LogP contribution in [0.1, 0.15) is 19.4 Å². The molecule has 1 amide bonds. The Labute approximate surface area is 89.5 Å². The van der Waals surface area contributed by atoms with Crippen LogP contribution < -0.4 is 0 Å². The van der Waals surface area contributed by atoms with Crippen molar-refractivity contribution in [2.24, 2.45) is 0 Å². The molecule has 0 aliphatic rings. The molecule has 14 heavy (non-hydrogen) atoms. The maximum Gasteiger partial charge on any atom is 0.316 e. The van der Waals surface area contributed by atoms with Crippen molar-refractivity contribution in [2.45, 2.75) is 26.4 Å². The minimum absolute atomic E-state index is 0.125. The second-order valence-corrected chi connectivity index (χ2v) is 3.78. The Balaban J connectivity index is 2.70. The summed E-state index contributed by atoms with van der Waals surface area (Å²) in [7, 11) is 0. The molecule has 0 aliphatic carbocycles. The Morgan fingerprint density at radius 2 is 1.93 bits per heavy atom. The topological polar surface area (TPSA) is 20.3 Å². The van der Waals surface area contributed by atoms with Crippen molar-refractivity contribution < 1.29 is 4.79 Å². The number of carbonyl (C=O) groups excluding carboxylic acids is 1.